The zero-order valence-electron chi connectivity index (χ0n) is 14.4. The number of ether oxygens (including phenoxy) is 1. The Bertz CT molecular complexity index is 499. The second kappa shape index (κ2) is 10.2. The molecule has 0 unspecified atom stereocenters. The number of nitrogens with one attached hydrogen (secondary N) is 2. The number of alkyl halides is 3. The van der Waals surface area contributed by atoms with E-state index in [1.165, 1.54) is 0 Å². The Kier molecular flexibility index (Phi) is 8.60. The lowest BCUT2D eigenvalue weighted by molar-refractivity contribution is -0.176. The summed E-state index contributed by atoms with van der Waals surface area (Å²) < 4.78 is 40.7. The number of rotatable bonds is 8. The van der Waals surface area contributed by atoms with Crippen molar-refractivity contribution in [2.24, 2.45) is 10.9 Å². The predicted molar refractivity (Wildman–Crippen MR) is 89.8 cm³/mol. The number of aliphatic imine (C=N–C) groups is 1. The van der Waals surface area contributed by atoms with Crippen molar-refractivity contribution in [1.82, 2.24) is 10.6 Å². The van der Waals surface area contributed by atoms with Gasteiger partial charge in [0, 0.05) is 13.1 Å². The first-order valence-electron chi connectivity index (χ1n) is 8.04. The fraction of sp³-hybridized carbons (Fsp3) is 0.588. The molecule has 0 atom stereocenters. The molecule has 0 aliphatic heterocycles. The van der Waals surface area contributed by atoms with Crippen molar-refractivity contribution < 1.29 is 17.9 Å². The molecule has 1 aromatic carbocycles. The van der Waals surface area contributed by atoms with Crippen molar-refractivity contribution in [3.05, 3.63) is 35.4 Å². The van der Waals surface area contributed by atoms with Gasteiger partial charge in [-0.2, -0.15) is 13.2 Å². The highest BCUT2D eigenvalue weighted by molar-refractivity contribution is 5.79. The number of nitrogens with zero attached hydrogens (tertiary/aromatic N) is 1. The van der Waals surface area contributed by atoms with Crippen LogP contribution in [0.3, 0.4) is 0 Å². The number of benzene rings is 1. The number of hydrogen-bond acceptors (Lipinski definition) is 2. The summed E-state index contributed by atoms with van der Waals surface area (Å²) in [7, 11) is 0. The van der Waals surface area contributed by atoms with Crippen LogP contribution in [0.2, 0.25) is 0 Å². The molecular weight excluding hydrogens is 319 g/mol. The van der Waals surface area contributed by atoms with E-state index in [9.17, 15) is 13.2 Å². The largest absolute Gasteiger partial charge is 0.411 e. The summed E-state index contributed by atoms with van der Waals surface area (Å²) >= 11 is 0. The normalized spacial score (nSPS) is 12.5. The highest BCUT2D eigenvalue weighted by atomic mass is 19.4. The van der Waals surface area contributed by atoms with Gasteiger partial charge in [0.1, 0.15) is 6.61 Å². The first-order chi connectivity index (χ1) is 11.3. The molecule has 0 saturated heterocycles. The zero-order chi connectivity index (χ0) is 18.0. The average Bonchev–Trinajstić information content (AvgIpc) is 2.50. The molecule has 0 aliphatic carbocycles. The maximum absolute atomic E-state index is 12.0. The van der Waals surface area contributed by atoms with Crippen LogP contribution >= 0.6 is 0 Å². The molecule has 0 fully saturated rings. The van der Waals surface area contributed by atoms with Gasteiger partial charge in [-0.1, -0.05) is 38.1 Å². The molecule has 24 heavy (non-hydrogen) atoms. The van der Waals surface area contributed by atoms with Crippen LogP contribution in [0.4, 0.5) is 13.2 Å². The molecule has 1 aromatic rings. The van der Waals surface area contributed by atoms with Crippen molar-refractivity contribution in [3.8, 4) is 0 Å². The molecule has 1 rings (SSSR count). The Morgan fingerprint density at radius 1 is 1.12 bits per heavy atom. The minimum atomic E-state index is -4.29. The Morgan fingerprint density at radius 2 is 1.75 bits per heavy atom. The van der Waals surface area contributed by atoms with Crippen LogP contribution in [0, 0.1) is 5.92 Å². The molecule has 0 bridgehead atoms. The smallest absolute Gasteiger partial charge is 0.367 e. The molecule has 2 N–H and O–H groups in total. The summed E-state index contributed by atoms with van der Waals surface area (Å²) in [5.74, 6) is 1.27. The second-order valence-corrected chi connectivity index (χ2v) is 5.89. The van der Waals surface area contributed by atoms with E-state index in [0.717, 1.165) is 24.6 Å². The lowest BCUT2D eigenvalue weighted by atomic mass is 10.1. The van der Waals surface area contributed by atoms with Crippen LogP contribution in [0.1, 0.15) is 31.9 Å². The molecule has 0 spiro atoms. The van der Waals surface area contributed by atoms with Gasteiger partial charge in [-0.05, 0) is 24.0 Å². The van der Waals surface area contributed by atoms with Gasteiger partial charge in [0.2, 0.25) is 0 Å². The van der Waals surface area contributed by atoms with E-state index in [1.807, 2.05) is 19.1 Å². The van der Waals surface area contributed by atoms with Crippen LogP contribution in [-0.2, 0) is 17.9 Å². The van der Waals surface area contributed by atoms with E-state index in [-0.39, 0.29) is 6.61 Å². The van der Waals surface area contributed by atoms with Gasteiger partial charge in [0.05, 0.1) is 13.2 Å². The third-order valence-electron chi connectivity index (χ3n) is 3.00. The molecular formula is C17H26F3N3O. The fourth-order valence-corrected chi connectivity index (χ4v) is 1.84. The second-order valence-electron chi connectivity index (χ2n) is 5.89. The van der Waals surface area contributed by atoms with Crippen LogP contribution in [0.25, 0.3) is 0 Å². The third kappa shape index (κ3) is 9.39. The van der Waals surface area contributed by atoms with E-state index < -0.39 is 12.8 Å². The lowest BCUT2D eigenvalue weighted by Gasteiger charge is -2.13. The van der Waals surface area contributed by atoms with E-state index in [0.29, 0.717) is 18.0 Å². The molecule has 136 valence electrons. The molecule has 4 nitrogen and oxygen atoms in total. The maximum atomic E-state index is 12.0. The third-order valence-corrected chi connectivity index (χ3v) is 3.00. The van der Waals surface area contributed by atoms with Crippen molar-refractivity contribution in [2.45, 2.75) is 40.1 Å². The highest BCUT2D eigenvalue weighted by Gasteiger charge is 2.27. The first-order valence-corrected chi connectivity index (χ1v) is 8.04. The molecule has 0 aliphatic rings. The predicted octanol–water partition coefficient (Wildman–Crippen LogP) is 3.48. The lowest BCUT2D eigenvalue weighted by Crippen LogP contribution is -2.39. The van der Waals surface area contributed by atoms with E-state index in [2.05, 4.69) is 34.2 Å². The van der Waals surface area contributed by atoms with E-state index in [4.69, 9.17) is 0 Å². The maximum Gasteiger partial charge on any atom is 0.411 e. The van der Waals surface area contributed by atoms with Gasteiger partial charge in [-0.3, -0.25) is 0 Å². The summed E-state index contributed by atoms with van der Waals surface area (Å²) in [5, 5.41) is 6.43. The fourth-order valence-electron chi connectivity index (χ4n) is 1.84. The minimum Gasteiger partial charge on any atom is -0.367 e. The van der Waals surface area contributed by atoms with Crippen molar-refractivity contribution in [2.75, 3.05) is 19.7 Å². The Morgan fingerprint density at radius 3 is 2.29 bits per heavy atom. The SMILES string of the molecule is CCNC(=NCc1ccc(COCC(F)(F)F)cc1)NCC(C)C. The quantitative estimate of drug-likeness (QED) is 0.560. The van der Waals surface area contributed by atoms with Crippen molar-refractivity contribution >= 4 is 5.96 Å². The zero-order valence-corrected chi connectivity index (χ0v) is 14.4. The van der Waals surface area contributed by atoms with E-state index >= 15 is 0 Å². The van der Waals surface area contributed by atoms with Gasteiger partial charge in [0.15, 0.2) is 5.96 Å². The minimum absolute atomic E-state index is 0.0539. The summed E-state index contributed by atoms with van der Waals surface area (Å²) in [6.07, 6.45) is -4.29. The molecule has 0 amide bonds. The number of guanidine groups is 1. The van der Waals surface area contributed by atoms with Crippen LogP contribution in [0.15, 0.2) is 29.3 Å². The molecule has 0 heterocycles. The summed E-state index contributed by atoms with van der Waals surface area (Å²) in [6.45, 7) is 7.07. The summed E-state index contributed by atoms with van der Waals surface area (Å²) in [4.78, 5) is 4.49. The van der Waals surface area contributed by atoms with Crippen molar-refractivity contribution in [3.63, 3.8) is 0 Å². The van der Waals surface area contributed by atoms with Crippen LogP contribution in [-0.4, -0.2) is 31.8 Å². The Labute approximate surface area is 141 Å². The molecule has 0 radical (unpaired) electrons. The monoisotopic (exact) mass is 345 g/mol. The topological polar surface area (TPSA) is 45.7 Å². The average molecular weight is 345 g/mol. The molecule has 7 heteroatoms. The molecule has 0 aromatic heterocycles. The van der Waals surface area contributed by atoms with Crippen LogP contribution < -0.4 is 10.6 Å². The van der Waals surface area contributed by atoms with Gasteiger partial charge >= 0.3 is 6.18 Å². The molecule has 0 saturated carbocycles. The van der Waals surface area contributed by atoms with E-state index in [1.54, 1.807) is 12.1 Å². The van der Waals surface area contributed by atoms with Gasteiger partial charge < -0.3 is 15.4 Å². The van der Waals surface area contributed by atoms with Crippen LogP contribution in [0.5, 0.6) is 0 Å². The Hall–Kier alpha value is -1.76. The van der Waals surface area contributed by atoms with Crippen molar-refractivity contribution in [1.29, 1.82) is 0 Å². The van der Waals surface area contributed by atoms with Gasteiger partial charge in [-0.15, -0.1) is 0 Å². The first kappa shape index (κ1) is 20.3. The number of halogens is 3. The standard InChI is InChI=1S/C17H26F3N3O/c1-4-21-16(22-9-13(2)3)23-10-14-5-7-15(8-6-14)11-24-12-17(18,19)20/h5-8,13H,4,9-12H2,1-3H3,(H2,21,22,23). The number of hydrogen-bond donors (Lipinski definition) is 2. The highest BCUT2D eigenvalue weighted by Crippen LogP contribution is 2.16. The summed E-state index contributed by atoms with van der Waals surface area (Å²) in [5.41, 5.74) is 1.69. The summed E-state index contributed by atoms with van der Waals surface area (Å²) in [6, 6.07) is 7.22. The Balaban J connectivity index is 2.50. The van der Waals surface area contributed by atoms with Gasteiger partial charge in [-0.25, -0.2) is 4.99 Å². The van der Waals surface area contributed by atoms with Gasteiger partial charge in [0.25, 0.3) is 0 Å².